The third-order valence-electron chi connectivity index (χ3n) is 3.80. The second-order valence-electron chi connectivity index (χ2n) is 5.23. The van der Waals surface area contributed by atoms with Crippen molar-refractivity contribution >= 4 is 5.91 Å². The minimum Gasteiger partial charge on any atom is -0.358 e. The Balaban J connectivity index is 2.26. The number of carbonyl (C=O) groups excluding carboxylic acids is 1. The summed E-state index contributed by atoms with van der Waals surface area (Å²) >= 11 is 0. The second kappa shape index (κ2) is 6.47. The van der Waals surface area contributed by atoms with Crippen LogP contribution in [0.15, 0.2) is 24.3 Å². The number of piperidine rings is 1. The van der Waals surface area contributed by atoms with Crippen LogP contribution >= 0.6 is 0 Å². The van der Waals surface area contributed by atoms with E-state index in [2.05, 4.69) is 5.32 Å². The van der Waals surface area contributed by atoms with E-state index in [9.17, 15) is 18.0 Å². The standard InChI is InChI=1S/C15H19F3N2O/c1-19-14(21)13(20-9-3-2-4-10-20)11-5-7-12(8-6-11)15(16,17)18/h5-8,13H,2-4,9-10H2,1H3,(H,19,21). The zero-order valence-corrected chi connectivity index (χ0v) is 11.9. The van der Waals surface area contributed by atoms with Crippen LogP contribution < -0.4 is 5.32 Å². The number of nitrogens with zero attached hydrogens (tertiary/aromatic N) is 1. The van der Waals surface area contributed by atoms with Crippen LogP contribution in [-0.4, -0.2) is 30.9 Å². The van der Waals surface area contributed by atoms with Crippen molar-refractivity contribution < 1.29 is 18.0 Å². The molecule has 1 heterocycles. The molecule has 21 heavy (non-hydrogen) atoms. The van der Waals surface area contributed by atoms with Gasteiger partial charge >= 0.3 is 6.18 Å². The number of hydrogen-bond donors (Lipinski definition) is 1. The summed E-state index contributed by atoms with van der Waals surface area (Å²) in [7, 11) is 1.55. The van der Waals surface area contributed by atoms with Crippen LogP contribution in [0.25, 0.3) is 0 Å². The van der Waals surface area contributed by atoms with Crippen molar-refractivity contribution in [2.24, 2.45) is 0 Å². The third-order valence-corrected chi connectivity index (χ3v) is 3.80. The van der Waals surface area contributed by atoms with Crippen molar-refractivity contribution in [3.05, 3.63) is 35.4 Å². The molecule has 1 aliphatic heterocycles. The number of nitrogens with one attached hydrogen (secondary N) is 1. The van der Waals surface area contributed by atoms with Gasteiger partial charge in [0.1, 0.15) is 6.04 Å². The van der Waals surface area contributed by atoms with Gasteiger partial charge in [-0.2, -0.15) is 13.2 Å². The van der Waals surface area contributed by atoms with Crippen molar-refractivity contribution in [2.45, 2.75) is 31.5 Å². The monoisotopic (exact) mass is 300 g/mol. The predicted octanol–water partition coefficient (Wildman–Crippen LogP) is 2.98. The Bertz CT molecular complexity index is 479. The maximum absolute atomic E-state index is 12.6. The van der Waals surface area contributed by atoms with E-state index in [0.29, 0.717) is 5.56 Å². The van der Waals surface area contributed by atoms with Gasteiger partial charge in [0, 0.05) is 7.05 Å². The van der Waals surface area contributed by atoms with E-state index < -0.39 is 17.8 Å². The molecule has 6 heteroatoms. The highest BCUT2D eigenvalue weighted by Crippen LogP contribution is 2.31. The fraction of sp³-hybridized carbons (Fsp3) is 0.533. The molecule has 1 atom stereocenters. The highest BCUT2D eigenvalue weighted by molar-refractivity contribution is 5.83. The molecule has 1 N–H and O–H groups in total. The quantitative estimate of drug-likeness (QED) is 0.931. The molecule has 1 amide bonds. The molecule has 3 nitrogen and oxygen atoms in total. The van der Waals surface area contributed by atoms with E-state index >= 15 is 0 Å². The smallest absolute Gasteiger partial charge is 0.358 e. The number of amides is 1. The van der Waals surface area contributed by atoms with E-state index in [4.69, 9.17) is 0 Å². The first kappa shape index (κ1) is 15.8. The molecule has 1 aromatic rings. The fourth-order valence-corrected chi connectivity index (χ4v) is 2.70. The van der Waals surface area contributed by atoms with Gasteiger partial charge in [0.05, 0.1) is 5.56 Å². The summed E-state index contributed by atoms with van der Waals surface area (Å²) in [4.78, 5) is 14.2. The lowest BCUT2D eigenvalue weighted by Crippen LogP contribution is -2.41. The topological polar surface area (TPSA) is 32.3 Å². The summed E-state index contributed by atoms with van der Waals surface area (Å²) in [6.45, 7) is 1.58. The van der Waals surface area contributed by atoms with Gasteiger partial charge in [-0.3, -0.25) is 9.69 Å². The van der Waals surface area contributed by atoms with E-state index in [1.165, 1.54) is 12.1 Å². The first-order valence-electron chi connectivity index (χ1n) is 7.06. The number of likely N-dealkylation sites (N-methyl/N-ethyl adjacent to an activating group) is 1. The Morgan fingerprint density at radius 2 is 1.71 bits per heavy atom. The normalized spacial score (nSPS) is 18.3. The van der Waals surface area contributed by atoms with Gasteiger partial charge in [0.15, 0.2) is 0 Å². The summed E-state index contributed by atoms with van der Waals surface area (Å²) in [5.41, 5.74) is -0.0928. The minimum absolute atomic E-state index is 0.184. The average Bonchev–Trinajstić information content (AvgIpc) is 2.48. The molecule has 1 aromatic carbocycles. The SMILES string of the molecule is CNC(=O)C(c1ccc(C(F)(F)F)cc1)N1CCCCC1. The first-order chi connectivity index (χ1) is 9.93. The van der Waals surface area contributed by atoms with Gasteiger partial charge in [-0.05, 0) is 43.6 Å². The number of likely N-dealkylation sites (tertiary alicyclic amines) is 1. The van der Waals surface area contributed by atoms with Crippen molar-refractivity contribution in [3.8, 4) is 0 Å². The van der Waals surface area contributed by atoms with Crippen molar-refractivity contribution in [1.29, 1.82) is 0 Å². The zero-order chi connectivity index (χ0) is 15.5. The van der Waals surface area contributed by atoms with Gasteiger partial charge in [-0.1, -0.05) is 18.6 Å². The van der Waals surface area contributed by atoms with Gasteiger partial charge in [-0.25, -0.2) is 0 Å². The predicted molar refractivity (Wildman–Crippen MR) is 73.7 cm³/mol. The second-order valence-corrected chi connectivity index (χ2v) is 5.23. The molecule has 0 spiro atoms. The van der Waals surface area contributed by atoms with E-state index in [-0.39, 0.29) is 5.91 Å². The van der Waals surface area contributed by atoms with Gasteiger partial charge in [-0.15, -0.1) is 0 Å². The lowest BCUT2D eigenvalue weighted by Gasteiger charge is -2.33. The molecule has 1 aliphatic rings. The van der Waals surface area contributed by atoms with Gasteiger partial charge < -0.3 is 5.32 Å². The molecular formula is C15H19F3N2O. The van der Waals surface area contributed by atoms with Gasteiger partial charge in [0.2, 0.25) is 5.91 Å². The molecular weight excluding hydrogens is 281 g/mol. The number of hydrogen-bond acceptors (Lipinski definition) is 2. The van der Waals surface area contributed by atoms with E-state index in [1.807, 2.05) is 4.90 Å². The van der Waals surface area contributed by atoms with Gasteiger partial charge in [0.25, 0.3) is 0 Å². The van der Waals surface area contributed by atoms with Crippen LogP contribution in [-0.2, 0) is 11.0 Å². The lowest BCUT2D eigenvalue weighted by molar-refractivity contribution is -0.137. The van der Waals surface area contributed by atoms with Crippen LogP contribution in [0.1, 0.15) is 36.4 Å². The van der Waals surface area contributed by atoms with Crippen LogP contribution in [0.2, 0.25) is 0 Å². The maximum atomic E-state index is 12.6. The Morgan fingerprint density at radius 3 is 2.19 bits per heavy atom. The van der Waals surface area contributed by atoms with Crippen molar-refractivity contribution in [3.63, 3.8) is 0 Å². The number of alkyl halides is 3. The van der Waals surface area contributed by atoms with Crippen LogP contribution in [0.4, 0.5) is 13.2 Å². The molecule has 116 valence electrons. The highest BCUT2D eigenvalue weighted by atomic mass is 19.4. The molecule has 0 aromatic heterocycles. The fourth-order valence-electron chi connectivity index (χ4n) is 2.70. The molecule has 0 radical (unpaired) electrons. The molecule has 0 aliphatic carbocycles. The maximum Gasteiger partial charge on any atom is 0.416 e. The third kappa shape index (κ3) is 3.75. The average molecular weight is 300 g/mol. The molecule has 1 saturated heterocycles. The molecule has 1 unspecified atom stereocenters. The Morgan fingerprint density at radius 1 is 1.14 bits per heavy atom. The van der Waals surface area contributed by atoms with Crippen LogP contribution in [0.3, 0.4) is 0 Å². The summed E-state index contributed by atoms with van der Waals surface area (Å²) in [6.07, 6.45) is -1.21. The molecule has 1 fully saturated rings. The molecule has 0 saturated carbocycles. The first-order valence-corrected chi connectivity index (χ1v) is 7.06. The summed E-state index contributed by atoms with van der Waals surface area (Å²) in [5.74, 6) is -0.184. The summed E-state index contributed by atoms with van der Waals surface area (Å²) < 4.78 is 37.8. The van der Waals surface area contributed by atoms with E-state index in [1.54, 1.807) is 7.05 Å². The zero-order valence-electron chi connectivity index (χ0n) is 11.9. The van der Waals surface area contributed by atoms with Crippen LogP contribution in [0, 0.1) is 0 Å². The number of halogens is 3. The Hall–Kier alpha value is -1.56. The number of carbonyl (C=O) groups is 1. The van der Waals surface area contributed by atoms with Crippen LogP contribution in [0.5, 0.6) is 0 Å². The highest BCUT2D eigenvalue weighted by Gasteiger charge is 2.32. The minimum atomic E-state index is -4.35. The van der Waals surface area contributed by atoms with E-state index in [0.717, 1.165) is 44.5 Å². The molecule has 2 rings (SSSR count). The summed E-state index contributed by atoms with van der Waals surface area (Å²) in [5, 5.41) is 2.60. The lowest BCUT2D eigenvalue weighted by atomic mass is 9.99. The molecule has 0 bridgehead atoms. The number of rotatable bonds is 3. The Labute approximate surface area is 122 Å². The number of benzene rings is 1. The largest absolute Gasteiger partial charge is 0.416 e. The van der Waals surface area contributed by atoms with Crippen molar-refractivity contribution in [1.82, 2.24) is 10.2 Å². The van der Waals surface area contributed by atoms with Crippen molar-refractivity contribution in [2.75, 3.05) is 20.1 Å². The Kier molecular flexibility index (Phi) is 4.88. The summed E-state index contributed by atoms with van der Waals surface area (Å²) in [6, 6.07) is 4.36.